The van der Waals surface area contributed by atoms with Gasteiger partial charge in [0.05, 0.1) is 28.5 Å². The highest BCUT2D eigenvalue weighted by molar-refractivity contribution is 5.98. The molecule has 1 aliphatic heterocycles. The number of aromatic nitrogens is 5. The van der Waals surface area contributed by atoms with Gasteiger partial charge in [0.2, 0.25) is 0 Å². The standard InChI is InChI=1S/C27H25F2N7O2/c1-2-35-19-9-16(21-15(24(35)37)5-3-6-20(21)38-26(28)29)22-18-10-17(33-13-36(18)34-23(19)22)14-11-31-25(32-12-14)27(30)7-4-8-27/h3,5-6,10-13,16,19,26H,2,4,7-9,30H2,1H3. The Bertz CT molecular complexity index is 1580. The minimum atomic E-state index is -3.01. The van der Waals surface area contributed by atoms with Gasteiger partial charge in [-0.2, -0.15) is 13.9 Å². The molecule has 2 N–H and O–H groups in total. The van der Waals surface area contributed by atoms with Crippen LogP contribution < -0.4 is 10.5 Å². The minimum Gasteiger partial charge on any atom is -0.434 e. The van der Waals surface area contributed by atoms with Gasteiger partial charge in [-0.1, -0.05) is 6.07 Å². The summed E-state index contributed by atoms with van der Waals surface area (Å²) in [5, 5.41) is 4.80. The van der Waals surface area contributed by atoms with Crippen molar-refractivity contribution in [2.24, 2.45) is 5.73 Å². The summed E-state index contributed by atoms with van der Waals surface area (Å²) in [5.74, 6) is 0.0984. The highest BCUT2D eigenvalue weighted by Crippen LogP contribution is 2.53. The zero-order valence-corrected chi connectivity index (χ0v) is 20.6. The Morgan fingerprint density at radius 3 is 2.66 bits per heavy atom. The predicted octanol–water partition coefficient (Wildman–Crippen LogP) is 4.18. The first-order valence-corrected chi connectivity index (χ1v) is 12.8. The summed E-state index contributed by atoms with van der Waals surface area (Å²) < 4.78 is 33.3. The molecule has 2 bridgehead atoms. The van der Waals surface area contributed by atoms with Crippen molar-refractivity contribution in [3.63, 3.8) is 0 Å². The number of amides is 1. The van der Waals surface area contributed by atoms with E-state index in [1.165, 1.54) is 6.07 Å². The number of benzene rings is 1. The average molecular weight is 518 g/mol. The molecule has 0 spiro atoms. The van der Waals surface area contributed by atoms with Gasteiger partial charge in [-0.05, 0) is 50.8 Å². The first-order chi connectivity index (χ1) is 18.4. The molecule has 0 saturated heterocycles. The summed E-state index contributed by atoms with van der Waals surface area (Å²) in [6.07, 6.45) is 8.44. The molecular formula is C27H25F2N7O2. The van der Waals surface area contributed by atoms with E-state index in [1.54, 1.807) is 40.3 Å². The molecule has 3 aromatic heterocycles. The Kier molecular flexibility index (Phi) is 5.03. The molecule has 1 saturated carbocycles. The van der Waals surface area contributed by atoms with Crippen molar-refractivity contribution in [1.29, 1.82) is 0 Å². The smallest absolute Gasteiger partial charge is 0.387 e. The van der Waals surface area contributed by atoms with Gasteiger partial charge in [0.1, 0.15) is 17.9 Å². The van der Waals surface area contributed by atoms with Crippen molar-refractivity contribution in [3.8, 4) is 17.0 Å². The third-order valence-electron chi connectivity index (χ3n) is 8.19. The molecule has 4 heterocycles. The highest BCUT2D eigenvalue weighted by atomic mass is 19.3. The SMILES string of the molecule is CCN1C(=O)c2cccc(OC(F)F)c2C2CC1c1nn3cnc(-c4cnc(C5(N)CCC5)nc4)cc3c12. The van der Waals surface area contributed by atoms with Gasteiger partial charge in [0.15, 0.2) is 0 Å². The molecule has 0 radical (unpaired) electrons. The van der Waals surface area contributed by atoms with Crippen molar-refractivity contribution in [1.82, 2.24) is 29.5 Å². The summed E-state index contributed by atoms with van der Waals surface area (Å²) in [6.45, 7) is -0.642. The van der Waals surface area contributed by atoms with Crippen LogP contribution in [0, 0.1) is 0 Å². The Labute approximate surface area is 216 Å². The van der Waals surface area contributed by atoms with Crippen molar-refractivity contribution in [3.05, 3.63) is 71.2 Å². The molecule has 3 aliphatic rings. The number of nitrogens with zero attached hydrogens (tertiary/aromatic N) is 6. The fourth-order valence-electron chi connectivity index (χ4n) is 6.19. The van der Waals surface area contributed by atoms with Crippen molar-refractivity contribution in [2.45, 2.75) is 56.7 Å². The topological polar surface area (TPSA) is 112 Å². The van der Waals surface area contributed by atoms with Gasteiger partial charge in [0, 0.05) is 47.1 Å². The molecule has 194 valence electrons. The van der Waals surface area contributed by atoms with E-state index in [1.807, 2.05) is 13.0 Å². The first kappa shape index (κ1) is 23.2. The van der Waals surface area contributed by atoms with Crippen LogP contribution in [0.5, 0.6) is 5.75 Å². The zero-order chi connectivity index (χ0) is 26.2. The van der Waals surface area contributed by atoms with Crippen LogP contribution in [0.15, 0.2) is 43.0 Å². The predicted molar refractivity (Wildman–Crippen MR) is 133 cm³/mol. The lowest BCUT2D eigenvalue weighted by Crippen LogP contribution is -2.44. The zero-order valence-electron chi connectivity index (χ0n) is 20.6. The molecule has 1 amide bonds. The van der Waals surface area contributed by atoms with Gasteiger partial charge in [0.25, 0.3) is 5.91 Å². The number of hydrogen-bond donors (Lipinski definition) is 1. The normalized spacial score (nSPS) is 21.3. The number of alkyl halides is 2. The van der Waals surface area contributed by atoms with Crippen molar-refractivity contribution < 1.29 is 18.3 Å². The van der Waals surface area contributed by atoms with Crippen LogP contribution in [-0.4, -0.2) is 48.5 Å². The maximum absolute atomic E-state index is 13.5. The number of carbonyl (C=O) groups is 1. The molecule has 2 atom stereocenters. The molecule has 4 aromatic rings. The summed E-state index contributed by atoms with van der Waals surface area (Å²) in [5.41, 5.74) is 10.6. The fraction of sp³-hybridized carbons (Fsp3) is 0.370. The number of ether oxygens (including phenoxy) is 1. The Hall–Kier alpha value is -3.99. The van der Waals surface area contributed by atoms with E-state index in [0.717, 1.165) is 41.6 Å². The molecule has 9 nitrogen and oxygen atoms in total. The second-order valence-corrected chi connectivity index (χ2v) is 10.2. The van der Waals surface area contributed by atoms with E-state index in [9.17, 15) is 13.6 Å². The molecule has 2 aliphatic carbocycles. The largest absolute Gasteiger partial charge is 0.434 e. The van der Waals surface area contributed by atoms with E-state index in [-0.39, 0.29) is 23.6 Å². The molecular weight excluding hydrogens is 492 g/mol. The van der Waals surface area contributed by atoms with E-state index in [4.69, 9.17) is 15.6 Å². The number of nitrogens with two attached hydrogens (primary N) is 1. The average Bonchev–Trinajstić information content (AvgIpc) is 3.41. The lowest BCUT2D eigenvalue weighted by molar-refractivity contribution is -0.0505. The molecule has 1 aromatic carbocycles. The molecule has 1 fully saturated rings. The van der Waals surface area contributed by atoms with Crippen LogP contribution in [0.3, 0.4) is 0 Å². The summed E-state index contributed by atoms with van der Waals surface area (Å²) in [4.78, 5) is 28.9. The van der Waals surface area contributed by atoms with Crippen LogP contribution in [0.4, 0.5) is 8.78 Å². The number of carbonyl (C=O) groups excluding carboxylic acids is 1. The van der Waals surface area contributed by atoms with Gasteiger partial charge >= 0.3 is 6.61 Å². The minimum absolute atomic E-state index is 0.0183. The van der Waals surface area contributed by atoms with E-state index in [2.05, 4.69) is 15.0 Å². The lowest BCUT2D eigenvalue weighted by atomic mass is 9.77. The van der Waals surface area contributed by atoms with Crippen LogP contribution >= 0.6 is 0 Å². The number of rotatable bonds is 5. The van der Waals surface area contributed by atoms with E-state index in [0.29, 0.717) is 35.6 Å². The van der Waals surface area contributed by atoms with Crippen LogP contribution in [0.2, 0.25) is 0 Å². The van der Waals surface area contributed by atoms with Crippen molar-refractivity contribution in [2.75, 3.05) is 6.54 Å². The van der Waals surface area contributed by atoms with Gasteiger partial charge in [-0.3, -0.25) is 4.79 Å². The van der Waals surface area contributed by atoms with Gasteiger partial charge in [-0.15, -0.1) is 0 Å². The molecule has 7 rings (SSSR count). The second kappa shape index (κ2) is 8.26. The van der Waals surface area contributed by atoms with Crippen LogP contribution in [-0.2, 0) is 5.54 Å². The Morgan fingerprint density at radius 1 is 1.18 bits per heavy atom. The molecule has 11 heteroatoms. The summed E-state index contributed by atoms with van der Waals surface area (Å²) >= 11 is 0. The number of hydrogen-bond acceptors (Lipinski definition) is 7. The highest BCUT2D eigenvalue weighted by Gasteiger charge is 2.46. The fourth-order valence-corrected chi connectivity index (χ4v) is 6.19. The van der Waals surface area contributed by atoms with E-state index >= 15 is 0 Å². The maximum atomic E-state index is 13.5. The Balaban J connectivity index is 1.38. The summed E-state index contributed by atoms with van der Waals surface area (Å²) in [6, 6.07) is 6.39. The van der Waals surface area contributed by atoms with Gasteiger partial charge < -0.3 is 15.4 Å². The third-order valence-corrected chi connectivity index (χ3v) is 8.19. The van der Waals surface area contributed by atoms with Gasteiger partial charge in [-0.25, -0.2) is 19.5 Å². The quantitative estimate of drug-likeness (QED) is 0.423. The number of fused-ring (bicyclic) bond motifs is 9. The maximum Gasteiger partial charge on any atom is 0.387 e. The lowest BCUT2D eigenvalue weighted by Gasteiger charge is -2.36. The van der Waals surface area contributed by atoms with Crippen molar-refractivity contribution >= 4 is 11.4 Å². The number of halogens is 2. The van der Waals surface area contributed by atoms with Crippen LogP contribution in [0.1, 0.15) is 77.6 Å². The van der Waals surface area contributed by atoms with E-state index < -0.39 is 12.2 Å². The monoisotopic (exact) mass is 517 g/mol. The molecule has 38 heavy (non-hydrogen) atoms. The second-order valence-electron chi connectivity index (χ2n) is 10.2. The first-order valence-electron chi connectivity index (χ1n) is 12.8. The van der Waals surface area contributed by atoms with Crippen LogP contribution in [0.25, 0.3) is 16.8 Å². The summed E-state index contributed by atoms with van der Waals surface area (Å²) in [7, 11) is 0. The molecule has 2 unspecified atom stereocenters. The third kappa shape index (κ3) is 3.27. The Morgan fingerprint density at radius 2 is 1.97 bits per heavy atom.